The molecule has 1 aromatic rings. The van der Waals surface area contributed by atoms with Crippen LogP contribution in [0.25, 0.3) is 0 Å². The summed E-state index contributed by atoms with van der Waals surface area (Å²) in [6.07, 6.45) is 9.81. The van der Waals surface area contributed by atoms with Gasteiger partial charge in [-0.25, -0.2) is 0 Å². The largest absolute Gasteiger partial charge is 0.309 e. The third-order valence-electron chi connectivity index (χ3n) is 4.05. The quantitative estimate of drug-likeness (QED) is 0.733. The first-order valence-electron chi connectivity index (χ1n) is 7.61. The van der Waals surface area contributed by atoms with Gasteiger partial charge in [-0.1, -0.05) is 32.6 Å². The molecule has 1 atom stereocenters. The molecule has 1 aliphatic carbocycles. The van der Waals surface area contributed by atoms with Gasteiger partial charge in [0.05, 0.1) is 0 Å². The van der Waals surface area contributed by atoms with Crippen molar-refractivity contribution < 1.29 is 0 Å². The van der Waals surface area contributed by atoms with Crippen LogP contribution in [-0.2, 0) is 0 Å². The van der Waals surface area contributed by atoms with Crippen molar-refractivity contribution in [2.45, 2.75) is 64.8 Å². The Hall–Kier alpha value is -0.340. The van der Waals surface area contributed by atoms with Crippen LogP contribution in [0.2, 0.25) is 0 Å². The van der Waals surface area contributed by atoms with E-state index in [0.29, 0.717) is 6.04 Å². The Labute approximate surface area is 116 Å². The fourth-order valence-corrected chi connectivity index (χ4v) is 4.11. The van der Waals surface area contributed by atoms with Crippen molar-refractivity contribution in [3.8, 4) is 0 Å². The molecule has 1 fully saturated rings. The van der Waals surface area contributed by atoms with Crippen LogP contribution in [0, 0.1) is 12.8 Å². The van der Waals surface area contributed by atoms with Crippen molar-refractivity contribution in [3.63, 3.8) is 0 Å². The maximum Gasteiger partial charge on any atom is 0.0443 e. The summed E-state index contributed by atoms with van der Waals surface area (Å²) < 4.78 is 0. The molecule has 1 saturated carbocycles. The van der Waals surface area contributed by atoms with Gasteiger partial charge in [0.2, 0.25) is 0 Å². The van der Waals surface area contributed by atoms with E-state index < -0.39 is 0 Å². The average Bonchev–Trinajstić information content (AvgIpc) is 2.65. The lowest BCUT2D eigenvalue weighted by atomic mass is 9.90. The average molecular weight is 265 g/mol. The first-order chi connectivity index (χ1) is 8.81. The minimum absolute atomic E-state index is 0.613. The molecule has 0 aliphatic heterocycles. The minimum atomic E-state index is 0.613. The molecule has 0 saturated heterocycles. The lowest BCUT2D eigenvalue weighted by Gasteiger charge is -2.26. The zero-order chi connectivity index (χ0) is 12.8. The second-order valence-corrected chi connectivity index (χ2v) is 6.95. The highest BCUT2D eigenvalue weighted by Gasteiger charge is 2.24. The molecule has 1 nitrogen and oxygen atoms in total. The zero-order valence-electron chi connectivity index (χ0n) is 11.9. The second kappa shape index (κ2) is 7.30. The van der Waals surface area contributed by atoms with Crippen molar-refractivity contribution in [1.29, 1.82) is 0 Å². The molecule has 0 spiro atoms. The Morgan fingerprint density at radius 3 is 2.50 bits per heavy atom. The lowest BCUT2D eigenvalue weighted by Crippen LogP contribution is -2.28. The fraction of sp³-hybridized carbons (Fsp3) is 0.750. The van der Waals surface area contributed by atoms with Crippen LogP contribution in [0.3, 0.4) is 0 Å². The number of hydrogen-bond donors (Lipinski definition) is 1. The molecule has 1 heterocycles. The topological polar surface area (TPSA) is 12.0 Å². The first-order valence-corrected chi connectivity index (χ1v) is 8.42. The number of thiophene rings is 1. The molecular weight excluding hydrogens is 238 g/mol. The van der Waals surface area contributed by atoms with Crippen LogP contribution < -0.4 is 5.32 Å². The van der Waals surface area contributed by atoms with E-state index in [0.717, 1.165) is 12.5 Å². The van der Waals surface area contributed by atoms with Crippen LogP contribution in [0.4, 0.5) is 0 Å². The highest BCUT2D eigenvalue weighted by atomic mass is 32.1. The highest BCUT2D eigenvalue weighted by Crippen LogP contribution is 2.36. The molecular formula is C16H27NS. The predicted octanol–water partition coefficient (Wildman–Crippen LogP) is 5.07. The normalized spacial score (nSPS) is 19.7. The van der Waals surface area contributed by atoms with E-state index in [4.69, 9.17) is 0 Å². The van der Waals surface area contributed by atoms with E-state index in [1.54, 1.807) is 4.88 Å². The molecule has 0 bridgehead atoms. The Balaban J connectivity index is 2.07. The van der Waals surface area contributed by atoms with E-state index in [1.807, 2.05) is 11.3 Å². The third kappa shape index (κ3) is 3.83. The van der Waals surface area contributed by atoms with Gasteiger partial charge in [0.15, 0.2) is 0 Å². The zero-order valence-corrected chi connectivity index (χ0v) is 12.7. The van der Waals surface area contributed by atoms with Crippen molar-refractivity contribution in [2.75, 3.05) is 6.54 Å². The number of nitrogens with one attached hydrogen (secondary N) is 1. The lowest BCUT2D eigenvalue weighted by molar-refractivity contribution is 0.330. The standard InChI is InChI=1S/C16H27NS/c1-3-12-17-16(15-11-10-13(2)18-15)14-8-6-4-5-7-9-14/h10-11,14,16-17H,3-9,12H2,1-2H3. The second-order valence-electron chi connectivity index (χ2n) is 5.63. The maximum absolute atomic E-state index is 3.81. The Bertz CT molecular complexity index is 337. The van der Waals surface area contributed by atoms with Crippen LogP contribution in [0.5, 0.6) is 0 Å². The SMILES string of the molecule is CCCNC(c1ccc(C)s1)C1CCCCCC1. The highest BCUT2D eigenvalue weighted by molar-refractivity contribution is 7.12. The van der Waals surface area contributed by atoms with Crippen molar-refractivity contribution in [3.05, 3.63) is 21.9 Å². The van der Waals surface area contributed by atoms with Gasteiger partial charge in [0.25, 0.3) is 0 Å². The predicted molar refractivity (Wildman–Crippen MR) is 81.3 cm³/mol. The third-order valence-corrected chi connectivity index (χ3v) is 5.14. The molecule has 1 unspecified atom stereocenters. The van der Waals surface area contributed by atoms with Crippen LogP contribution in [-0.4, -0.2) is 6.54 Å². The summed E-state index contributed by atoms with van der Waals surface area (Å²) in [5.41, 5.74) is 0. The van der Waals surface area contributed by atoms with Gasteiger partial charge in [-0.3, -0.25) is 0 Å². The van der Waals surface area contributed by atoms with Gasteiger partial charge in [-0.2, -0.15) is 0 Å². The smallest absolute Gasteiger partial charge is 0.0443 e. The van der Waals surface area contributed by atoms with Crippen molar-refractivity contribution in [2.24, 2.45) is 5.92 Å². The molecule has 102 valence electrons. The molecule has 0 amide bonds. The Morgan fingerprint density at radius 2 is 1.94 bits per heavy atom. The van der Waals surface area contributed by atoms with Crippen LogP contribution >= 0.6 is 11.3 Å². The molecule has 2 rings (SSSR count). The summed E-state index contributed by atoms with van der Waals surface area (Å²) in [4.78, 5) is 3.01. The summed E-state index contributed by atoms with van der Waals surface area (Å²) in [6, 6.07) is 5.23. The summed E-state index contributed by atoms with van der Waals surface area (Å²) in [5, 5.41) is 3.81. The summed E-state index contributed by atoms with van der Waals surface area (Å²) in [5.74, 6) is 0.858. The van der Waals surface area contributed by atoms with Crippen LogP contribution in [0.15, 0.2) is 12.1 Å². The van der Waals surface area contributed by atoms with Gasteiger partial charge in [0, 0.05) is 15.8 Å². The van der Waals surface area contributed by atoms with E-state index >= 15 is 0 Å². The minimum Gasteiger partial charge on any atom is -0.309 e. The number of rotatable bonds is 5. The van der Waals surface area contributed by atoms with Gasteiger partial charge in [-0.15, -0.1) is 11.3 Å². The molecule has 0 radical (unpaired) electrons. The maximum atomic E-state index is 3.81. The van der Waals surface area contributed by atoms with Gasteiger partial charge >= 0.3 is 0 Å². The van der Waals surface area contributed by atoms with E-state index in [-0.39, 0.29) is 0 Å². The molecule has 18 heavy (non-hydrogen) atoms. The van der Waals surface area contributed by atoms with Gasteiger partial charge in [-0.05, 0) is 50.8 Å². The molecule has 1 N–H and O–H groups in total. The summed E-state index contributed by atoms with van der Waals surface area (Å²) >= 11 is 1.98. The van der Waals surface area contributed by atoms with Gasteiger partial charge < -0.3 is 5.32 Å². The molecule has 0 aromatic carbocycles. The van der Waals surface area contributed by atoms with Crippen LogP contribution in [0.1, 0.15) is 67.7 Å². The Morgan fingerprint density at radius 1 is 1.22 bits per heavy atom. The van der Waals surface area contributed by atoms with Crippen molar-refractivity contribution in [1.82, 2.24) is 5.32 Å². The van der Waals surface area contributed by atoms with E-state index in [1.165, 1.54) is 49.8 Å². The molecule has 1 aromatic heterocycles. The van der Waals surface area contributed by atoms with Crippen molar-refractivity contribution >= 4 is 11.3 Å². The number of hydrogen-bond acceptors (Lipinski definition) is 2. The molecule has 1 aliphatic rings. The van der Waals surface area contributed by atoms with E-state index in [2.05, 4.69) is 31.3 Å². The molecule has 2 heteroatoms. The van der Waals surface area contributed by atoms with Gasteiger partial charge in [0.1, 0.15) is 0 Å². The monoisotopic (exact) mass is 265 g/mol. The van der Waals surface area contributed by atoms with E-state index in [9.17, 15) is 0 Å². The Kier molecular flexibility index (Phi) is 5.71. The first kappa shape index (κ1) is 14.1. The fourth-order valence-electron chi connectivity index (χ4n) is 3.06. The number of aryl methyl sites for hydroxylation is 1. The summed E-state index contributed by atoms with van der Waals surface area (Å²) in [6.45, 7) is 5.63. The summed E-state index contributed by atoms with van der Waals surface area (Å²) in [7, 11) is 0.